The number of nitrogens with zero attached hydrogens (tertiary/aromatic N) is 5. The highest BCUT2D eigenvalue weighted by Crippen LogP contribution is 2.46. The summed E-state index contributed by atoms with van der Waals surface area (Å²) < 4.78 is 19.6. The summed E-state index contributed by atoms with van der Waals surface area (Å²) in [6, 6.07) is 95.4. The fourth-order valence-electron chi connectivity index (χ4n) is 13.7. The SMILES string of the molecule is c1ccc2c(c1)c1ccccc1n2-c1ccc(-n2c3ccccc3c3c4oc5c(ccc6c5c5ccccc5n6-c5cc(-n6c7ccccc7c7ccccc76)cc(-n6c7ccccc7c7ccccc76)c5)c4ccc32)cc1. The molecule has 0 aliphatic rings. The molecular weight excluding hydrogens is 951 g/mol. The first-order chi connectivity index (χ1) is 38.7. The van der Waals surface area contributed by atoms with Gasteiger partial charge in [-0.05, 0) is 115 Å². The molecule has 0 bridgehead atoms. The number of hydrogen-bond donors (Lipinski definition) is 0. The summed E-state index contributed by atoms with van der Waals surface area (Å²) in [7, 11) is 0. The van der Waals surface area contributed by atoms with E-state index >= 15 is 0 Å². The van der Waals surface area contributed by atoms with Crippen molar-refractivity contribution in [3.63, 3.8) is 0 Å². The van der Waals surface area contributed by atoms with E-state index in [-0.39, 0.29) is 0 Å². The van der Waals surface area contributed by atoms with Crippen LogP contribution in [0.25, 0.3) is 159 Å². The van der Waals surface area contributed by atoms with Crippen molar-refractivity contribution in [1.29, 1.82) is 0 Å². The third kappa shape index (κ3) is 5.54. The van der Waals surface area contributed by atoms with Crippen LogP contribution in [0.4, 0.5) is 0 Å². The van der Waals surface area contributed by atoms with Gasteiger partial charge in [0.15, 0.2) is 0 Å². The first-order valence-electron chi connectivity index (χ1n) is 26.8. The lowest BCUT2D eigenvalue weighted by Crippen LogP contribution is -2.03. The number of benzene rings is 12. The van der Waals surface area contributed by atoms with Crippen molar-refractivity contribution in [2.24, 2.45) is 0 Å². The maximum absolute atomic E-state index is 7.46. The molecule has 362 valence electrons. The lowest BCUT2D eigenvalue weighted by Gasteiger charge is -2.17. The van der Waals surface area contributed by atoms with Gasteiger partial charge in [0.1, 0.15) is 11.2 Å². The number of rotatable bonds is 5. The molecule has 18 rings (SSSR count). The van der Waals surface area contributed by atoms with E-state index in [1.807, 2.05) is 0 Å². The first-order valence-corrected chi connectivity index (χ1v) is 26.8. The monoisotopic (exact) mass is 993 g/mol. The molecule has 6 heterocycles. The van der Waals surface area contributed by atoms with E-state index in [2.05, 4.69) is 284 Å². The summed E-state index contributed by atoms with van der Waals surface area (Å²) in [5.74, 6) is 0. The molecule has 0 saturated carbocycles. The summed E-state index contributed by atoms with van der Waals surface area (Å²) in [4.78, 5) is 0. The van der Waals surface area contributed by atoms with Crippen LogP contribution >= 0.6 is 0 Å². The first kappa shape index (κ1) is 41.8. The Kier molecular flexibility index (Phi) is 8.30. The van der Waals surface area contributed by atoms with Gasteiger partial charge in [0.2, 0.25) is 0 Å². The Labute approximate surface area is 445 Å². The Morgan fingerprint density at radius 3 is 0.718 bits per heavy atom. The van der Waals surface area contributed by atoms with Gasteiger partial charge in [-0.2, -0.15) is 0 Å². The molecule has 0 unspecified atom stereocenters. The van der Waals surface area contributed by atoms with Gasteiger partial charge in [0.05, 0.1) is 83.0 Å². The molecule has 0 fully saturated rings. The van der Waals surface area contributed by atoms with Gasteiger partial charge in [-0.15, -0.1) is 0 Å². The van der Waals surface area contributed by atoms with Crippen LogP contribution in [-0.2, 0) is 0 Å². The molecule has 0 radical (unpaired) electrons. The van der Waals surface area contributed by atoms with E-state index in [1.54, 1.807) is 0 Å². The lowest BCUT2D eigenvalue weighted by molar-refractivity contribution is 0.677. The molecule has 6 nitrogen and oxygen atoms in total. The maximum Gasteiger partial charge on any atom is 0.145 e. The van der Waals surface area contributed by atoms with Gasteiger partial charge < -0.3 is 27.3 Å². The highest BCUT2D eigenvalue weighted by molar-refractivity contribution is 6.29. The maximum atomic E-state index is 7.46. The molecule has 78 heavy (non-hydrogen) atoms. The molecule has 0 saturated heterocycles. The predicted molar refractivity (Wildman–Crippen MR) is 325 cm³/mol. The number of aromatic nitrogens is 5. The smallest absolute Gasteiger partial charge is 0.145 e. The highest BCUT2D eigenvalue weighted by Gasteiger charge is 2.25. The third-order valence-corrected chi connectivity index (χ3v) is 16.8. The molecule has 0 atom stereocenters. The van der Waals surface area contributed by atoms with Gasteiger partial charge in [-0.1, -0.05) is 146 Å². The van der Waals surface area contributed by atoms with Gasteiger partial charge >= 0.3 is 0 Å². The summed E-state index contributed by atoms with van der Waals surface area (Å²) >= 11 is 0. The fraction of sp³-hybridized carbons (Fsp3) is 0. The van der Waals surface area contributed by atoms with Crippen molar-refractivity contribution >= 4 is 131 Å². The number of hydrogen-bond acceptors (Lipinski definition) is 1. The standard InChI is InChI=1S/C72H43N5O/c1-9-25-59-49(17-1)50-18-2-10-26-60(50)73(59)44-33-35-45(36-34-44)74-65-31-15-7-23-57(65)69-67(74)39-37-55-56-38-40-68-70(72(56)78-71(55)69)58-24-8-16-32-66(58)77(68)48-42-46(75-61-27-11-3-19-51(61)52-20-4-12-28-62(52)75)41-47(43-48)76-63-29-13-5-21-53(63)54-22-6-14-30-64(54)76/h1-43H. The van der Waals surface area contributed by atoms with Crippen molar-refractivity contribution in [2.75, 3.05) is 0 Å². The highest BCUT2D eigenvalue weighted by atomic mass is 16.3. The van der Waals surface area contributed by atoms with E-state index in [1.165, 1.54) is 65.4 Å². The Hall–Kier alpha value is -10.6. The topological polar surface area (TPSA) is 37.8 Å². The summed E-state index contributed by atoms with van der Waals surface area (Å²) in [5, 5.41) is 14.1. The van der Waals surface area contributed by atoms with Crippen LogP contribution < -0.4 is 0 Å². The minimum Gasteiger partial charge on any atom is -0.455 e. The Morgan fingerprint density at radius 2 is 0.410 bits per heavy atom. The van der Waals surface area contributed by atoms with Crippen LogP contribution in [-0.4, -0.2) is 22.8 Å². The zero-order valence-electron chi connectivity index (χ0n) is 42.0. The van der Waals surface area contributed by atoms with Crippen LogP contribution in [0.15, 0.2) is 265 Å². The van der Waals surface area contributed by atoms with Gasteiger partial charge in [0.25, 0.3) is 0 Å². The summed E-state index contributed by atoms with van der Waals surface area (Å²) in [6.07, 6.45) is 0. The Morgan fingerprint density at radius 1 is 0.179 bits per heavy atom. The van der Waals surface area contributed by atoms with E-state index < -0.39 is 0 Å². The predicted octanol–water partition coefficient (Wildman–Crippen LogP) is 19.1. The van der Waals surface area contributed by atoms with Gasteiger partial charge in [-0.25, -0.2) is 0 Å². The second-order valence-electron chi connectivity index (χ2n) is 20.8. The Balaban J connectivity index is 0.873. The average molecular weight is 994 g/mol. The van der Waals surface area contributed by atoms with Crippen molar-refractivity contribution in [2.45, 2.75) is 0 Å². The fourth-order valence-corrected chi connectivity index (χ4v) is 13.7. The van der Waals surface area contributed by atoms with Gasteiger partial charge in [-0.3, -0.25) is 0 Å². The van der Waals surface area contributed by atoms with Crippen LogP contribution in [0, 0.1) is 0 Å². The number of fused-ring (bicyclic) bond motifs is 20. The third-order valence-electron chi connectivity index (χ3n) is 16.8. The molecule has 18 aromatic rings. The second kappa shape index (κ2) is 15.5. The number of para-hydroxylation sites is 8. The van der Waals surface area contributed by atoms with Crippen molar-refractivity contribution in [1.82, 2.24) is 22.8 Å². The lowest BCUT2D eigenvalue weighted by atomic mass is 10.1. The second-order valence-corrected chi connectivity index (χ2v) is 20.8. The van der Waals surface area contributed by atoms with E-state index in [4.69, 9.17) is 4.42 Å². The van der Waals surface area contributed by atoms with Crippen LogP contribution in [0.2, 0.25) is 0 Å². The van der Waals surface area contributed by atoms with Crippen molar-refractivity contribution in [3.05, 3.63) is 261 Å². The summed E-state index contributed by atoms with van der Waals surface area (Å²) in [5.41, 5.74) is 18.7. The molecule has 0 N–H and O–H groups in total. The Bertz CT molecular complexity index is 5290. The van der Waals surface area contributed by atoms with Crippen LogP contribution in [0.3, 0.4) is 0 Å². The van der Waals surface area contributed by atoms with Gasteiger partial charge in [0, 0.05) is 65.2 Å². The molecule has 0 amide bonds. The van der Waals surface area contributed by atoms with E-state index in [0.717, 1.165) is 94.0 Å². The normalized spacial score (nSPS) is 12.4. The minimum atomic E-state index is 0.887. The zero-order valence-corrected chi connectivity index (χ0v) is 42.0. The molecule has 12 aromatic carbocycles. The molecule has 0 aliphatic carbocycles. The molecule has 0 aliphatic heterocycles. The van der Waals surface area contributed by atoms with Crippen LogP contribution in [0.1, 0.15) is 0 Å². The quantitative estimate of drug-likeness (QED) is 0.169. The van der Waals surface area contributed by atoms with Crippen molar-refractivity contribution in [3.8, 4) is 28.4 Å². The van der Waals surface area contributed by atoms with E-state index in [0.29, 0.717) is 0 Å². The van der Waals surface area contributed by atoms with E-state index in [9.17, 15) is 0 Å². The van der Waals surface area contributed by atoms with Crippen molar-refractivity contribution < 1.29 is 4.42 Å². The largest absolute Gasteiger partial charge is 0.455 e. The molecular formula is C72H43N5O. The molecule has 6 aromatic heterocycles. The van der Waals surface area contributed by atoms with Crippen LogP contribution in [0.5, 0.6) is 0 Å². The number of furan rings is 1. The minimum absolute atomic E-state index is 0.887. The molecule has 0 spiro atoms. The summed E-state index contributed by atoms with van der Waals surface area (Å²) in [6.45, 7) is 0. The zero-order chi connectivity index (χ0) is 50.7. The average Bonchev–Trinajstić information content (AvgIpc) is 4.54. The molecule has 6 heteroatoms.